The van der Waals surface area contributed by atoms with Crippen LogP contribution < -0.4 is 0 Å². The van der Waals surface area contributed by atoms with E-state index in [4.69, 9.17) is 4.98 Å². The summed E-state index contributed by atoms with van der Waals surface area (Å²) in [5, 5.41) is 0.979. The number of benzene rings is 4. The molecule has 5 rings (SSSR count). The highest BCUT2D eigenvalue weighted by molar-refractivity contribution is 7.21. The van der Waals surface area contributed by atoms with Crippen molar-refractivity contribution in [1.82, 2.24) is 4.98 Å². The van der Waals surface area contributed by atoms with E-state index in [1.807, 2.05) is 66.7 Å². The standard InChI is InChI=1S/C26H16F3NS/c27-26(28,29)22-5-3-4-21(16-22)19-10-8-17(9-11-19)18-12-14-20(15-13-18)25-30-23-6-1-2-7-24(23)31-25/h1-16H. The number of aromatic nitrogens is 1. The Labute approximate surface area is 181 Å². The Morgan fingerprint density at radius 3 is 1.77 bits per heavy atom. The predicted octanol–water partition coefficient (Wildman–Crippen LogP) is 8.32. The first-order valence-corrected chi connectivity index (χ1v) is 10.5. The Balaban J connectivity index is 1.40. The molecule has 5 aromatic rings. The number of nitrogens with zero attached hydrogens (tertiary/aromatic N) is 1. The van der Waals surface area contributed by atoms with E-state index in [1.165, 1.54) is 12.1 Å². The van der Waals surface area contributed by atoms with Crippen LogP contribution in [0.5, 0.6) is 0 Å². The van der Waals surface area contributed by atoms with E-state index >= 15 is 0 Å². The molecule has 1 aromatic heterocycles. The molecule has 4 aromatic carbocycles. The third-order valence-corrected chi connectivity index (χ3v) is 6.25. The maximum atomic E-state index is 13.0. The van der Waals surface area contributed by atoms with Gasteiger partial charge in [-0.05, 0) is 46.5 Å². The molecule has 0 aliphatic heterocycles. The molecule has 0 atom stereocenters. The third-order valence-electron chi connectivity index (χ3n) is 5.17. The number of alkyl halides is 3. The summed E-state index contributed by atoms with van der Waals surface area (Å²) in [5.74, 6) is 0. The van der Waals surface area contributed by atoms with Crippen LogP contribution in [0.25, 0.3) is 43.0 Å². The van der Waals surface area contributed by atoms with Crippen molar-refractivity contribution in [2.45, 2.75) is 6.18 Å². The molecule has 31 heavy (non-hydrogen) atoms. The van der Waals surface area contributed by atoms with Gasteiger partial charge in [-0.2, -0.15) is 13.2 Å². The summed E-state index contributed by atoms with van der Waals surface area (Å²) in [6, 6.07) is 29.2. The van der Waals surface area contributed by atoms with Crippen molar-refractivity contribution in [3.05, 3.63) is 103 Å². The summed E-state index contributed by atoms with van der Waals surface area (Å²) in [6.45, 7) is 0. The Morgan fingerprint density at radius 1 is 0.581 bits per heavy atom. The molecule has 0 N–H and O–H groups in total. The van der Waals surface area contributed by atoms with E-state index in [1.54, 1.807) is 17.4 Å². The summed E-state index contributed by atoms with van der Waals surface area (Å²) in [4.78, 5) is 4.69. The van der Waals surface area contributed by atoms with Crippen LogP contribution in [0.3, 0.4) is 0 Å². The van der Waals surface area contributed by atoms with Gasteiger partial charge < -0.3 is 0 Å². The minimum atomic E-state index is -4.35. The first kappa shape index (κ1) is 19.5. The van der Waals surface area contributed by atoms with Crippen LogP contribution in [-0.2, 0) is 6.18 Å². The van der Waals surface area contributed by atoms with Crippen molar-refractivity contribution in [3.8, 4) is 32.8 Å². The highest BCUT2D eigenvalue weighted by atomic mass is 32.1. The summed E-state index contributed by atoms with van der Waals surface area (Å²) >= 11 is 1.66. The van der Waals surface area contributed by atoms with Gasteiger partial charge in [0.05, 0.1) is 15.8 Å². The minimum absolute atomic E-state index is 0.549. The van der Waals surface area contributed by atoms with Crippen LogP contribution in [-0.4, -0.2) is 4.98 Å². The van der Waals surface area contributed by atoms with Crippen LogP contribution in [0.15, 0.2) is 97.1 Å². The van der Waals surface area contributed by atoms with Gasteiger partial charge in [-0.15, -0.1) is 11.3 Å². The van der Waals surface area contributed by atoms with Crippen LogP contribution in [0, 0.1) is 0 Å². The first-order chi connectivity index (χ1) is 15.0. The van der Waals surface area contributed by atoms with Crippen molar-refractivity contribution in [3.63, 3.8) is 0 Å². The average Bonchev–Trinajstić information content (AvgIpc) is 3.23. The maximum Gasteiger partial charge on any atom is 0.416 e. The normalized spacial score (nSPS) is 11.7. The second-order valence-electron chi connectivity index (χ2n) is 7.22. The van der Waals surface area contributed by atoms with Crippen molar-refractivity contribution in [2.75, 3.05) is 0 Å². The highest BCUT2D eigenvalue weighted by Gasteiger charge is 2.30. The fourth-order valence-electron chi connectivity index (χ4n) is 3.53. The van der Waals surface area contributed by atoms with Gasteiger partial charge in [-0.25, -0.2) is 4.98 Å². The largest absolute Gasteiger partial charge is 0.416 e. The van der Waals surface area contributed by atoms with Crippen LogP contribution in [0.1, 0.15) is 5.56 Å². The van der Waals surface area contributed by atoms with E-state index in [-0.39, 0.29) is 0 Å². The molecule has 1 heterocycles. The second-order valence-corrected chi connectivity index (χ2v) is 8.25. The van der Waals surface area contributed by atoms with Gasteiger partial charge in [0, 0.05) is 5.56 Å². The van der Waals surface area contributed by atoms with E-state index in [2.05, 4.69) is 6.07 Å². The molecule has 0 bridgehead atoms. The number of rotatable bonds is 3. The zero-order valence-corrected chi connectivity index (χ0v) is 17.0. The van der Waals surface area contributed by atoms with E-state index < -0.39 is 11.7 Å². The van der Waals surface area contributed by atoms with E-state index in [9.17, 15) is 13.2 Å². The van der Waals surface area contributed by atoms with Gasteiger partial charge in [0.15, 0.2) is 0 Å². The average molecular weight is 431 g/mol. The molecule has 0 saturated carbocycles. The predicted molar refractivity (Wildman–Crippen MR) is 121 cm³/mol. The fraction of sp³-hybridized carbons (Fsp3) is 0.0385. The van der Waals surface area contributed by atoms with Gasteiger partial charge >= 0.3 is 6.18 Å². The third kappa shape index (κ3) is 3.97. The SMILES string of the molecule is FC(F)(F)c1cccc(-c2ccc(-c3ccc(-c4nc5ccccc5s4)cc3)cc2)c1. The molecular weight excluding hydrogens is 415 g/mol. The Bertz CT molecular complexity index is 1320. The lowest BCUT2D eigenvalue weighted by Gasteiger charge is -2.09. The first-order valence-electron chi connectivity index (χ1n) is 9.71. The Morgan fingerprint density at radius 2 is 1.16 bits per heavy atom. The molecule has 0 radical (unpaired) electrons. The molecule has 5 heteroatoms. The molecule has 0 spiro atoms. The molecule has 0 aliphatic rings. The van der Waals surface area contributed by atoms with Gasteiger partial charge in [0.1, 0.15) is 5.01 Å². The fourth-order valence-corrected chi connectivity index (χ4v) is 4.50. The molecule has 0 fully saturated rings. The molecule has 0 aliphatic carbocycles. The minimum Gasteiger partial charge on any atom is -0.236 e. The lowest BCUT2D eigenvalue weighted by Crippen LogP contribution is -2.04. The number of para-hydroxylation sites is 1. The summed E-state index contributed by atoms with van der Waals surface area (Å²) in [6.07, 6.45) is -4.35. The van der Waals surface area contributed by atoms with Crippen molar-refractivity contribution < 1.29 is 13.2 Å². The van der Waals surface area contributed by atoms with Gasteiger partial charge in [0.2, 0.25) is 0 Å². The molecule has 0 amide bonds. The Hall–Kier alpha value is -3.44. The maximum absolute atomic E-state index is 13.0. The summed E-state index contributed by atoms with van der Waals surface area (Å²) in [7, 11) is 0. The number of hydrogen-bond donors (Lipinski definition) is 0. The lowest BCUT2D eigenvalue weighted by molar-refractivity contribution is -0.137. The van der Waals surface area contributed by atoms with Gasteiger partial charge in [0.25, 0.3) is 0 Å². The molecule has 0 saturated heterocycles. The topological polar surface area (TPSA) is 12.9 Å². The smallest absolute Gasteiger partial charge is 0.236 e. The van der Waals surface area contributed by atoms with Crippen molar-refractivity contribution in [2.24, 2.45) is 0 Å². The zero-order valence-electron chi connectivity index (χ0n) is 16.2. The molecular formula is C26H16F3NS. The molecule has 0 unspecified atom stereocenters. The number of halogens is 3. The lowest BCUT2D eigenvalue weighted by atomic mass is 9.98. The van der Waals surface area contributed by atoms with Gasteiger partial charge in [-0.1, -0.05) is 72.8 Å². The number of fused-ring (bicyclic) bond motifs is 1. The quantitative estimate of drug-likeness (QED) is 0.280. The van der Waals surface area contributed by atoms with Crippen LogP contribution in [0.2, 0.25) is 0 Å². The zero-order chi connectivity index (χ0) is 21.4. The van der Waals surface area contributed by atoms with Gasteiger partial charge in [-0.3, -0.25) is 0 Å². The second kappa shape index (κ2) is 7.67. The van der Waals surface area contributed by atoms with Crippen molar-refractivity contribution >= 4 is 21.6 Å². The summed E-state index contributed by atoms with van der Waals surface area (Å²) in [5.41, 5.74) is 4.77. The van der Waals surface area contributed by atoms with E-state index in [0.717, 1.165) is 43.5 Å². The molecule has 1 nitrogen and oxygen atoms in total. The van der Waals surface area contributed by atoms with Crippen molar-refractivity contribution in [1.29, 1.82) is 0 Å². The van der Waals surface area contributed by atoms with E-state index in [0.29, 0.717) is 5.56 Å². The summed E-state index contributed by atoms with van der Waals surface area (Å²) < 4.78 is 40.1. The number of thiazole rings is 1. The van der Waals surface area contributed by atoms with Crippen LogP contribution in [0.4, 0.5) is 13.2 Å². The monoisotopic (exact) mass is 431 g/mol. The highest BCUT2D eigenvalue weighted by Crippen LogP contribution is 2.34. The van der Waals surface area contributed by atoms with Crippen LogP contribution >= 0.6 is 11.3 Å². The Kier molecular flexibility index (Phi) is 4.83. The molecule has 152 valence electrons. The number of hydrogen-bond acceptors (Lipinski definition) is 2.